The molecule has 0 aromatic heterocycles. The minimum absolute atomic E-state index is 0.288. The van der Waals surface area contributed by atoms with E-state index in [2.05, 4.69) is 5.32 Å². The lowest BCUT2D eigenvalue weighted by Gasteiger charge is -2.10. The lowest BCUT2D eigenvalue weighted by Crippen LogP contribution is -2.23. The van der Waals surface area contributed by atoms with E-state index in [1.54, 1.807) is 24.3 Å². The Morgan fingerprint density at radius 1 is 1.00 bits per heavy atom. The third-order valence-electron chi connectivity index (χ3n) is 3.91. The van der Waals surface area contributed by atoms with Gasteiger partial charge in [-0.25, -0.2) is 4.79 Å². The SMILES string of the molecule is Cc1cc(Cl)ccc1OCC(=O)OCC(=O)Nc1cccc2ccccc12. The lowest BCUT2D eigenvalue weighted by molar-refractivity contribution is -0.149. The fourth-order valence-electron chi connectivity index (χ4n) is 2.62. The van der Waals surface area contributed by atoms with Crippen LogP contribution < -0.4 is 10.1 Å². The third-order valence-corrected chi connectivity index (χ3v) is 4.15. The molecule has 6 heteroatoms. The fraction of sp³-hybridized carbons (Fsp3) is 0.143. The molecule has 0 atom stereocenters. The zero-order valence-electron chi connectivity index (χ0n) is 14.7. The van der Waals surface area contributed by atoms with Crippen molar-refractivity contribution in [2.45, 2.75) is 6.92 Å². The predicted molar refractivity (Wildman–Crippen MR) is 105 cm³/mol. The van der Waals surface area contributed by atoms with Gasteiger partial charge in [0.2, 0.25) is 0 Å². The van der Waals surface area contributed by atoms with Crippen molar-refractivity contribution in [2.24, 2.45) is 0 Å². The highest BCUT2D eigenvalue weighted by Gasteiger charge is 2.11. The van der Waals surface area contributed by atoms with Crippen molar-refractivity contribution < 1.29 is 19.1 Å². The number of rotatable bonds is 6. The number of halogens is 1. The molecular weight excluding hydrogens is 366 g/mol. The summed E-state index contributed by atoms with van der Waals surface area (Å²) in [5, 5.41) is 5.28. The number of hydrogen-bond acceptors (Lipinski definition) is 4. The molecule has 5 nitrogen and oxygen atoms in total. The summed E-state index contributed by atoms with van der Waals surface area (Å²) >= 11 is 5.88. The number of hydrogen-bond donors (Lipinski definition) is 1. The van der Waals surface area contributed by atoms with Crippen LogP contribution in [-0.2, 0) is 14.3 Å². The molecule has 1 amide bonds. The van der Waals surface area contributed by atoms with Crippen LogP contribution >= 0.6 is 11.6 Å². The molecular formula is C21H18ClNO4. The van der Waals surface area contributed by atoms with Crippen molar-refractivity contribution in [3.63, 3.8) is 0 Å². The van der Waals surface area contributed by atoms with Gasteiger partial charge in [0.05, 0.1) is 0 Å². The Morgan fingerprint density at radius 3 is 2.59 bits per heavy atom. The number of aryl methyl sites for hydroxylation is 1. The maximum Gasteiger partial charge on any atom is 0.344 e. The van der Waals surface area contributed by atoms with Crippen molar-refractivity contribution in [1.82, 2.24) is 0 Å². The molecule has 0 radical (unpaired) electrons. The summed E-state index contributed by atoms with van der Waals surface area (Å²) in [6, 6.07) is 18.4. The standard InChI is InChI=1S/C21H18ClNO4/c1-14-11-16(22)9-10-19(14)26-13-21(25)27-12-20(24)23-18-8-4-6-15-5-2-3-7-17(15)18/h2-11H,12-13H2,1H3,(H,23,24). The molecule has 138 valence electrons. The molecule has 0 aliphatic heterocycles. The Kier molecular flexibility index (Phi) is 5.94. The molecule has 0 saturated heterocycles. The van der Waals surface area contributed by atoms with Gasteiger partial charge in [-0.2, -0.15) is 0 Å². The van der Waals surface area contributed by atoms with E-state index in [9.17, 15) is 9.59 Å². The maximum atomic E-state index is 12.1. The minimum atomic E-state index is -0.627. The Bertz CT molecular complexity index is 982. The van der Waals surface area contributed by atoms with E-state index in [-0.39, 0.29) is 13.2 Å². The van der Waals surface area contributed by atoms with Crippen LogP contribution in [0.4, 0.5) is 5.69 Å². The van der Waals surface area contributed by atoms with Gasteiger partial charge in [0.1, 0.15) is 5.75 Å². The van der Waals surface area contributed by atoms with Crippen LogP contribution in [0.1, 0.15) is 5.56 Å². The lowest BCUT2D eigenvalue weighted by atomic mass is 10.1. The summed E-state index contributed by atoms with van der Waals surface area (Å²) < 4.78 is 10.4. The molecule has 0 fully saturated rings. The quantitative estimate of drug-likeness (QED) is 0.642. The molecule has 3 aromatic rings. The van der Waals surface area contributed by atoms with Crippen LogP contribution in [0.5, 0.6) is 5.75 Å². The number of amides is 1. The first-order chi connectivity index (χ1) is 13.0. The van der Waals surface area contributed by atoms with Gasteiger partial charge in [-0.15, -0.1) is 0 Å². The van der Waals surface area contributed by atoms with Crippen LogP contribution in [0, 0.1) is 6.92 Å². The first-order valence-electron chi connectivity index (χ1n) is 8.35. The van der Waals surface area contributed by atoms with E-state index >= 15 is 0 Å². The Balaban J connectivity index is 1.50. The number of carbonyl (C=O) groups excluding carboxylic acids is 2. The summed E-state index contributed by atoms with van der Waals surface area (Å²) in [5.41, 5.74) is 1.48. The molecule has 3 aromatic carbocycles. The largest absolute Gasteiger partial charge is 0.482 e. The van der Waals surface area contributed by atoms with Crippen molar-refractivity contribution in [1.29, 1.82) is 0 Å². The molecule has 0 heterocycles. The number of anilines is 1. The number of benzene rings is 3. The van der Waals surface area contributed by atoms with Gasteiger partial charge < -0.3 is 14.8 Å². The van der Waals surface area contributed by atoms with Gasteiger partial charge in [-0.1, -0.05) is 48.0 Å². The van der Waals surface area contributed by atoms with Crippen LogP contribution in [-0.4, -0.2) is 25.1 Å². The normalized spacial score (nSPS) is 10.4. The molecule has 1 N–H and O–H groups in total. The molecule has 0 aliphatic rings. The van der Waals surface area contributed by atoms with Crippen LogP contribution in [0.25, 0.3) is 10.8 Å². The third kappa shape index (κ3) is 4.99. The van der Waals surface area contributed by atoms with Gasteiger partial charge in [-0.3, -0.25) is 4.79 Å². The Morgan fingerprint density at radius 2 is 1.78 bits per heavy atom. The number of fused-ring (bicyclic) bond motifs is 1. The second-order valence-corrected chi connectivity index (χ2v) is 6.37. The molecule has 0 bridgehead atoms. The average molecular weight is 384 g/mol. The zero-order valence-corrected chi connectivity index (χ0v) is 15.5. The molecule has 0 saturated carbocycles. The number of carbonyl (C=O) groups is 2. The summed E-state index contributed by atoms with van der Waals surface area (Å²) in [6.45, 7) is 1.15. The van der Waals surface area contributed by atoms with E-state index < -0.39 is 11.9 Å². The highest BCUT2D eigenvalue weighted by atomic mass is 35.5. The van der Waals surface area contributed by atoms with Crippen LogP contribution in [0.3, 0.4) is 0 Å². The van der Waals surface area contributed by atoms with Crippen molar-refractivity contribution in [3.8, 4) is 5.75 Å². The first kappa shape index (κ1) is 18.7. The van der Waals surface area contributed by atoms with E-state index in [1.165, 1.54) is 0 Å². The predicted octanol–water partition coefficient (Wildman–Crippen LogP) is 4.36. The van der Waals surface area contributed by atoms with E-state index in [0.29, 0.717) is 16.5 Å². The minimum Gasteiger partial charge on any atom is -0.482 e. The topological polar surface area (TPSA) is 64.6 Å². The highest BCUT2D eigenvalue weighted by Crippen LogP contribution is 2.23. The molecule has 0 aliphatic carbocycles. The van der Waals surface area contributed by atoms with Gasteiger partial charge in [0.25, 0.3) is 5.91 Å². The van der Waals surface area contributed by atoms with Gasteiger partial charge in [0, 0.05) is 16.1 Å². The van der Waals surface area contributed by atoms with E-state index in [1.807, 2.05) is 43.3 Å². The summed E-state index contributed by atoms with van der Waals surface area (Å²) in [6.07, 6.45) is 0. The molecule has 0 unspecified atom stereocenters. The average Bonchev–Trinajstić information content (AvgIpc) is 2.66. The second kappa shape index (κ2) is 8.56. The van der Waals surface area contributed by atoms with E-state index in [4.69, 9.17) is 21.1 Å². The summed E-state index contributed by atoms with van der Waals surface area (Å²) in [7, 11) is 0. The van der Waals surface area contributed by atoms with Crippen molar-refractivity contribution in [2.75, 3.05) is 18.5 Å². The van der Waals surface area contributed by atoms with Gasteiger partial charge in [-0.05, 0) is 42.1 Å². The van der Waals surface area contributed by atoms with Crippen LogP contribution in [0.15, 0.2) is 60.7 Å². The summed E-state index contributed by atoms with van der Waals surface area (Å²) in [5.74, 6) is -0.503. The molecule has 0 spiro atoms. The van der Waals surface area contributed by atoms with E-state index in [0.717, 1.165) is 16.3 Å². The van der Waals surface area contributed by atoms with Crippen molar-refractivity contribution >= 4 is 39.9 Å². The monoisotopic (exact) mass is 383 g/mol. The molecule has 27 heavy (non-hydrogen) atoms. The fourth-order valence-corrected chi connectivity index (χ4v) is 2.85. The number of nitrogens with one attached hydrogen (secondary N) is 1. The second-order valence-electron chi connectivity index (χ2n) is 5.93. The van der Waals surface area contributed by atoms with Crippen LogP contribution in [0.2, 0.25) is 5.02 Å². The Labute approximate surface area is 161 Å². The summed E-state index contributed by atoms with van der Waals surface area (Å²) in [4.78, 5) is 23.9. The number of esters is 1. The smallest absolute Gasteiger partial charge is 0.344 e. The highest BCUT2D eigenvalue weighted by molar-refractivity contribution is 6.30. The van der Waals surface area contributed by atoms with Gasteiger partial charge >= 0.3 is 5.97 Å². The molecule has 3 rings (SSSR count). The first-order valence-corrected chi connectivity index (χ1v) is 8.73. The maximum absolute atomic E-state index is 12.1. The zero-order chi connectivity index (χ0) is 19.2. The van der Waals surface area contributed by atoms with Gasteiger partial charge in [0.15, 0.2) is 13.2 Å². The number of ether oxygens (including phenoxy) is 2. The van der Waals surface area contributed by atoms with Crippen molar-refractivity contribution in [3.05, 3.63) is 71.2 Å². The Hall–Kier alpha value is -3.05.